The topological polar surface area (TPSA) is 24.7 Å². The molecule has 2 rings (SSSR count). The van der Waals surface area contributed by atoms with Gasteiger partial charge in [-0.2, -0.15) is 0 Å². The van der Waals surface area contributed by atoms with E-state index in [1.807, 2.05) is 0 Å². The monoisotopic (exact) mass is 1030 g/mol. The maximum Gasteiger partial charge on any atom is 0.135 e. The third-order valence-electron chi connectivity index (χ3n) is 15.2. The molecule has 3 heteroatoms. The van der Waals surface area contributed by atoms with Crippen molar-refractivity contribution < 1.29 is 16.5 Å². The SMILES string of the molecule is CCCCCCCCCCCCCCCCCCCCCCC#CC(=Nc1ccc(CCCC)c(CCCC)c1)C(CCCCCCCCCCCCCCC)=Nc1ccc(CCCC)c(CCCC)c1.[Ni]. The summed E-state index contributed by atoms with van der Waals surface area (Å²) in [5, 5.41) is 0. The summed E-state index contributed by atoms with van der Waals surface area (Å²) in [5.41, 5.74) is 10.1. The van der Waals surface area contributed by atoms with Crippen molar-refractivity contribution >= 4 is 22.8 Å². The van der Waals surface area contributed by atoms with E-state index in [1.54, 1.807) is 0 Å². The van der Waals surface area contributed by atoms with Crippen LogP contribution in [0.15, 0.2) is 46.4 Å². The van der Waals surface area contributed by atoms with Gasteiger partial charge in [-0.3, -0.25) is 4.99 Å². The molecule has 0 heterocycles. The minimum Gasteiger partial charge on any atom is -0.251 e. The summed E-state index contributed by atoms with van der Waals surface area (Å²) in [5.74, 6) is 7.39. The van der Waals surface area contributed by atoms with Gasteiger partial charge in [0.25, 0.3) is 0 Å². The summed E-state index contributed by atoms with van der Waals surface area (Å²) >= 11 is 0. The van der Waals surface area contributed by atoms with Gasteiger partial charge in [-0.15, -0.1) is 0 Å². The Hall–Kier alpha value is -2.17. The third-order valence-corrected chi connectivity index (χ3v) is 15.2. The van der Waals surface area contributed by atoms with Crippen LogP contribution in [0, 0.1) is 11.8 Å². The number of benzene rings is 2. The van der Waals surface area contributed by atoms with E-state index in [2.05, 4.69) is 89.8 Å². The number of unbranched alkanes of at least 4 members (excludes halogenated alkanes) is 36. The molecule has 414 valence electrons. The van der Waals surface area contributed by atoms with Crippen molar-refractivity contribution in [3.8, 4) is 11.8 Å². The molecule has 0 aliphatic rings. The van der Waals surface area contributed by atoms with E-state index >= 15 is 0 Å². The normalized spacial score (nSPS) is 11.8. The molecule has 0 unspecified atom stereocenters. The van der Waals surface area contributed by atoms with Gasteiger partial charge in [-0.05, 0) is 123 Å². The number of hydrogen-bond donors (Lipinski definition) is 0. The molecule has 72 heavy (non-hydrogen) atoms. The Morgan fingerprint density at radius 1 is 0.319 bits per heavy atom. The first-order valence-electron chi connectivity index (χ1n) is 32.0. The van der Waals surface area contributed by atoms with Crippen LogP contribution >= 0.6 is 0 Å². The second-order valence-electron chi connectivity index (χ2n) is 22.1. The van der Waals surface area contributed by atoms with Crippen LogP contribution in [0.1, 0.15) is 340 Å². The molecule has 2 nitrogen and oxygen atoms in total. The van der Waals surface area contributed by atoms with Crippen LogP contribution in [0.2, 0.25) is 0 Å². The Morgan fingerprint density at radius 2 is 0.611 bits per heavy atom. The standard InChI is InChI=1S/C69H118N2.Ni/c1-7-13-19-21-23-25-27-29-30-31-32-33-34-35-36-37-39-41-43-45-47-49-55-69(71-67-59-57-63(51-16-10-4)65(61-67)53-18-12-6)68(54-48-46-44-42-40-38-28-26-24-22-20-14-8-2)70-66-58-56-62(50-15-9-3)64(60-66)52-17-11-5;/h56-61H,7-48,50-54H2,1-6H3;. The van der Waals surface area contributed by atoms with Crippen LogP contribution in [-0.4, -0.2) is 11.4 Å². The Labute approximate surface area is 460 Å². The molecule has 0 aromatic heterocycles. The summed E-state index contributed by atoms with van der Waals surface area (Å²) in [6.45, 7) is 13.9. The fourth-order valence-corrected chi connectivity index (χ4v) is 10.4. The smallest absolute Gasteiger partial charge is 0.135 e. The molecular formula is C69H118N2Ni. The van der Waals surface area contributed by atoms with E-state index in [4.69, 9.17) is 9.98 Å². The maximum absolute atomic E-state index is 5.56. The zero-order valence-corrected chi connectivity index (χ0v) is 49.9. The number of aryl methyl sites for hydroxylation is 4. The first kappa shape index (κ1) is 67.8. The molecule has 0 atom stereocenters. The van der Waals surface area contributed by atoms with E-state index in [9.17, 15) is 0 Å². The van der Waals surface area contributed by atoms with Crippen molar-refractivity contribution in [1.29, 1.82) is 0 Å². The Morgan fingerprint density at radius 3 is 0.958 bits per heavy atom. The van der Waals surface area contributed by atoms with Gasteiger partial charge in [0.05, 0.1) is 17.1 Å². The quantitative estimate of drug-likeness (QED) is 0.0273. The van der Waals surface area contributed by atoms with Gasteiger partial charge in [-0.1, -0.05) is 284 Å². The number of rotatable bonds is 49. The van der Waals surface area contributed by atoms with Crippen LogP contribution in [-0.2, 0) is 42.2 Å². The average Bonchev–Trinajstić information content (AvgIpc) is 3.38. The Kier molecular flexibility index (Phi) is 48.0. The molecule has 2 aromatic carbocycles. The molecule has 0 aliphatic carbocycles. The van der Waals surface area contributed by atoms with Crippen molar-refractivity contribution in [2.24, 2.45) is 9.98 Å². The van der Waals surface area contributed by atoms with E-state index in [0.717, 1.165) is 67.7 Å². The van der Waals surface area contributed by atoms with Crippen molar-refractivity contribution in [2.75, 3.05) is 0 Å². The summed E-state index contributed by atoms with van der Waals surface area (Å²) in [4.78, 5) is 11.1. The van der Waals surface area contributed by atoms with Crippen LogP contribution in [0.4, 0.5) is 11.4 Å². The largest absolute Gasteiger partial charge is 0.251 e. The molecular weight excluding hydrogens is 915 g/mol. The Balaban J connectivity index is 0.0000259. The van der Waals surface area contributed by atoms with Crippen LogP contribution in [0.3, 0.4) is 0 Å². The molecule has 2 aromatic rings. The summed E-state index contributed by atoms with van der Waals surface area (Å²) in [7, 11) is 0. The zero-order chi connectivity index (χ0) is 50.9. The molecule has 0 amide bonds. The molecule has 0 saturated heterocycles. The third kappa shape index (κ3) is 36.7. The van der Waals surface area contributed by atoms with E-state index in [0.29, 0.717) is 0 Å². The maximum atomic E-state index is 5.56. The van der Waals surface area contributed by atoms with E-state index in [1.165, 1.54) is 279 Å². The minimum absolute atomic E-state index is 0. The van der Waals surface area contributed by atoms with Gasteiger partial charge in [-0.25, -0.2) is 4.99 Å². The first-order valence-corrected chi connectivity index (χ1v) is 32.0. The number of aliphatic imine (C=N–C) groups is 2. The van der Waals surface area contributed by atoms with Crippen LogP contribution in [0.25, 0.3) is 0 Å². The summed E-state index contributed by atoms with van der Waals surface area (Å²) in [6.07, 6.45) is 62.2. The van der Waals surface area contributed by atoms with Crippen molar-refractivity contribution in [3.05, 3.63) is 58.7 Å². The van der Waals surface area contributed by atoms with Crippen molar-refractivity contribution in [3.63, 3.8) is 0 Å². The van der Waals surface area contributed by atoms with Crippen molar-refractivity contribution in [2.45, 2.75) is 343 Å². The molecule has 0 radical (unpaired) electrons. The van der Waals surface area contributed by atoms with Crippen molar-refractivity contribution in [1.82, 2.24) is 0 Å². The second-order valence-corrected chi connectivity index (χ2v) is 22.1. The Bertz CT molecular complexity index is 1640. The van der Waals surface area contributed by atoms with Gasteiger partial charge in [0, 0.05) is 22.9 Å². The predicted molar refractivity (Wildman–Crippen MR) is 322 cm³/mol. The van der Waals surface area contributed by atoms with E-state index in [-0.39, 0.29) is 16.5 Å². The molecule has 0 spiro atoms. The molecule has 0 saturated carbocycles. The molecule has 0 bridgehead atoms. The van der Waals surface area contributed by atoms with Gasteiger partial charge >= 0.3 is 0 Å². The average molecular weight is 1030 g/mol. The first-order chi connectivity index (χ1) is 35.1. The fourth-order valence-electron chi connectivity index (χ4n) is 10.4. The predicted octanol–water partition coefficient (Wildman–Crippen LogP) is 23.6. The van der Waals surface area contributed by atoms with Gasteiger partial charge in [0.1, 0.15) is 5.71 Å². The van der Waals surface area contributed by atoms with E-state index < -0.39 is 0 Å². The zero-order valence-electron chi connectivity index (χ0n) is 48.9. The molecule has 0 aliphatic heterocycles. The number of hydrogen-bond acceptors (Lipinski definition) is 2. The second kappa shape index (κ2) is 51.0. The van der Waals surface area contributed by atoms with Crippen LogP contribution < -0.4 is 0 Å². The summed E-state index contributed by atoms with van der Waals surface area (Å²) in [6, 6.07) is 14.1. The molecule has 0 fully saturated rings. The summed E-state index contributed by atoms with van der Waals surface area (Å²) < 4.78 is 0. The van der Waals surface area contributed by atoms with Gasteiger partial charge < -0.3 is 0 Å². The van der Waals surface area contributed by atoms with Gasteiger partial charge in [0.2, 0.25) is 0 Å². The minimum atomic E-state index is 0. The molecule has 0 N–H and O–H groups in total. The van der Waals surface area contributed by atoms with Crippen LogP contribution in [0.5, 0.6) is 0 Å². The van der Waals surface area contributed by atoms with Gasteiger partial charge in [0.15, 0.2) is 0 Å². The number of nitrogens with zero attached hydrogens (tertiary/aromatic N) is 2. The fraction of sp³-hybridized carbons (Fsp3) is 0.768.